The van der Waals surface area contributed by atoms with Crippen molar-refractivity contribution in [2.45, 2.75) is 38.4 Å². The van der Waals surface area contributed by atoms with Crippen molar-refractivity contribution in [2.75, 3.05) is 19.5 Å². The average molecular weight is 292 g/mol. The van der Waals surface area contributed by atoms with Crippen molar-refractivity contribution in [3.63, 3.8) is 0 Å². The maximum Gasteiger partial charge on any atom is 0.323 e. The lowest BCUT2D eigenvalue weighted by molar-refractivity contribution is -0.171. The number of carbonyl (C=O) groups is 2. The molecule has 0 amide bonds. The van der Waals surface area contributed by atoms with E-state index in [9.17, 15) is 18.0 Å². The lowest BCUT2D eigenvalue weighted by Crippen LogP contribution is -2.41. The zero-order chi connectivity index (χ0) is 14.7. The van der Waals surface area contributed by atoms with E-state index in [0.717, 1.165) is 6.26 Å². The smallest absolute Gasteiger partial charge is 0.323 e. The van der Waals surface area contributed by atoms with Gasteiger partial charge in [-0.1, -0.05) is 0 Å². The quantitative estimate of drug-likeness (QED) is 0.547. The summed E-state index contributed by atoms with van der Waals surface area (Å²) < 4.78 is 33.0. The van der Waals surface area contributed by atoms with E-state index in [1.54, 1.807) is 13.8 Å². The van der Waals surface area contributed by atoms with Crippen molar-refractivity contribution in [3.8, 4) is 0 Å². The molecule has 0 aromatic carbocycles. The van der Waals surface area contributed by atoms with Crippen LogP contribution < -0.4 is 0 Å². The number of hydrogen-bond donors (Lipinski definition) is 0. The van der Waals surface area contributed by atoms with Gasteiger partial charge in [-0.25, -0.2) is 8.42 Å². The summed E-state index contributed by atoms with van der Waals surface area (Å²) in [7, 11) is -3.29. The Labute approximate surface area is 113 Å². The molecule has 1 aliphatic rings. The Balaban J connectivity index is 3.03. The summed E-state index contributed by atoms with van der Waals surface area (Å²) in [6.45, 7) is 3.56. The van der Waals surface area contributed by atoms with Gasteiger partial charge in [0, 0.05) is 6.26 Å². The third-order valence-corrected chi connectivity index (χ3v) is 5.02. The van der Waals surface area contributed by atoms with Crippen LogP contribution in [-0.4, -0.2) is 45.1 Å². The third kappa shape index (κ3) is 3.26. The molecule has 0 radical (unpaired) electrons. The minimum atomic E-state index is -3.29. The summed E-state index contributed by atoms with van der Waals surface area (Å²) >= 11 is 0. The Bertz CT molecular complexity index is 435. The third-order valence-electron chi connectivity index (χ3n) is 3.41. The lowest BCUT2D eigenvalue weighted by atomic mass is 9.86. The molecule has 110 valence electrons. The number of esters is 2. The van der Waals surface area contributed by atoms with Crippen LogP contribution in [0.3, 0.4) is 0 Å². The van der Waals surface area contributed by atoms with Gasteiger partial charge in [-0.2, -0.15) is 0 Å². The molecule has 0 spiro atoms. The van der Waals surface area contributed by atoms with Crippen molar-refractivity contribution in [1.82, 2.24) is 0 Å². The zero-order valence-corrected chi connectivity index (χ0v) is 12.3. The van der Waals surface area contributed by atoms with Crippen LogP contribution in [0.4, 0.5) is 0 Å². The standard InChI is InChI=1S/C12H20O6S/c1-4-17-10(13)12(11(14)18-5-2)7-6-9(8-12)19(3,15)16/h9H,4-8H2,1-3H3/t9-/m0/s1. The van der Waals surface area contributed by atoms with Gasteiger partial charge in [-0.3, -0.25) is 9.59 Å². The summed E-state index contributed by atoms with van der Waals surface area (Å²) in [6.07, 6.45) is 1.49. The highest BCUT2D eigenvalue weighted by atomic mass is 32.2. The largest absolute Gasteiger partial charge is 0.465 e. The van der Waals surface area contributed by atoms with Crippen molar-refractivity contribution in [3.05, 3.63) is 0 Å². The van der Waals surface area contributed by atoms with Crippen LogP contribution in [0.15, 0.2) is 0 Å². The molecule has 1 aliphatic carbocycles. The molecule has 7 heteroatoms. The summed E-state index contributed by atoms with van der Waals surface area (Å²) in [6, 6.07) is 0. The molecule has 0 N–H and O–H groups in total. The minimum absolute atomic E-state index is 0.0521. The van der Waals surface area contributed by atoms with Gasteiger partial charge in [-0.15, -0.1) is 0 Å². The molecule has 1 fully saturated rings. The van der Waals surface area contributed by atoms with Gasteiger partial charge in [0.05, 0.1) is 18.5 Å². The van der Waals surface area contributed by atoms with Gasteiger partial charge >= 0.3 is 11.9 Å². The van der Waals surface area contributed by atoms with Crippen molar-refractivity contribution in [1.29, 1.82) is 0 Å². The summed E-state index contributed by atoms with van der Waals surface area (Å²) in [5.74, 6) is -1.36. The van der Waals surface area contributed by atoms with Crippen LogP contribution in [0.2, 0.25) is 0 Å². The van der Waals surface area contributed by atoms with E-state index in [4.69, 9.17) is 9.47 Å². The van der Waals surface area contributed by atoms with Crippen LogP contribution in [0.5, 0.6) is 0 Å². The first kappa shape index (κ1) is 15.9. The van der Waals surface area contributed by atoms with Crippen LogP contribution in [0.1, 0.15) is 33.1 Å². The van der Waals surface area contributed by atoms with Gasteiger partial charge in [0.1, 0.15) is 9.84 Å². The van der Waals surface area contributed by atoms with Crippen LogP contribution in [0, 0.1) is 5.41 Å². The van der Waals surface area contributed by atoms with E-state index in [0.29, 0.717) is 0 Å². The zero-order valence-electron chi connectivity index (χ0n) is 11.5. The highest BCUT2D eigenvalue weighted by molar-refractivity contribution is 7.91. The predicted octanol–water partition coefficient (Wildman–Crippen LogP) is 0.696. The molecular formula is C12H20O6S. The Hall–Kier alpha value is -1.11. The van der Waals surface area contributed by atoms with E-state index >= 15 is 0 Å². The molecule has 6 nitrogen and oxygen atoms in total. The van der Waals surface area contributed by atoms with Crippen LogP contribution in [-0.2, 0) is 28.9 Å². The number of sulfone groups is 1. The van der Waals surface area contributed by atoms with Crippen molar-refractivity contribution >= 4 is 21.8 Å². The monoisotopic (exact) mass is 292 g/mol. The highest BCUT2D eigenvalue weighted by Crippen LogP contribution is 2.43. The normalized spacial score (nSPS) is 21.9. The summed E-state index contributed by atoms with van der Waals surface area (Å²) in [5.41, 5.74) is -1.46. The first-order valence-corrected chi connectivity index (χ1v) is 8.26. The maximum atomic E-state index is 12.0. The molecule has 1 saturated carbocycles. The first-order valence-electron chi connectivity index (χ1n) is 6.31. The second-order valence-electron chi connectivity index (χ2n) is 4.72. The molecule has 0 heterocycles. The molecule has 0 unspecified atom stereocenters. The van der Waals surface area contributed by atoms with Gasteiger partial charge in [-0.05, 0) is 33.1 Å². The van der Waals surface area contributed by atoms with Crippen molar-refractivity contribution < 1.29 is 27.5 Å². The second-order valence-corrected chi connectivity index (χ2v) is 7.04. The Morgan fingerprint density at radius 1 is 1.16 bits per heavy atom. The number of hydrogen-bond acceptors (Lipinski definition) is 6. The van der Waals surface area contributed by atoms with E-state index in [1.807, 2.05) is 0 Å². The fourth-order valence-corrected chi connectivity index (χ4v) is 3.49. The Kier molecular flexibility index (Phi) is 4.95. The predicted molar refractivity (Wildman–Crippen MR) is 68.2 cm³/mol. The van der Waals surface area contributed by atoms with E-state index < -0.39 is 32.4 Å². The lowest BCUT2D eigenvalue weighted by Gasteiger charge is -2.24. The first-order chi connectivity index (χ1) is 8.78. The summed E-state index contributed by atoms with van der Waals surface area (Å²) in [5, 5.41) is -0.693. The Morgan fingerprint density at radius 3 is 1.95 bits per heavy atom. The molecule has 1 rings (SSSR count). The van der Waals surface area contributed by atoms with E-state index in [1.165, 1.54) is 0 Å². The fraction of sp³-hybridized carbons (Fsp3) is 0.833. The number of rotatable bonds is 5. The van der Waals surface area contributed by atoms with E-state index in [-0.39, 0.29) is 32.5 Å². The van der Waals surface area contributed by atoms with Crippen LogP contribution in [0.25, 0.3) is 0 Å². The second kappa shape index (κ2) is 5.90. The van der Waals surface area contributed by atoms with Gasteiger partial charge in [0.15, 0.2) is 5.41 Å². The molecule has 0 aromatic heterocycles. The molecule has 0 aromatic rings. The van der Waals surface area contributed by atoms with Crippen molar-refractivity contribution in [2.24, 2.45) is 5.41 Å². The molecule has 0 saturated heterocycles. The fourth-order valence-electron chi connectivity index (χ4n) is 2.36. The van der Waals surface area contributed by atoms with Gasteiger partial charge < -0.3 is 9.47 Å². The maximum absolute atomic E-state index is 12.0. The minimum Gasteiger partial charge on any atom is -0.465 e. The number of carbonyl (C=O) groups excluding carboxylic acids is 2. The topological polar surface area (TPSA) is 86.7 Å². The molecule has 19 heavy (non-hydrogen) atoms. The Morgan fingerprint density at radius 2 is 1.63 bits per heavy atom. The molecule has 1 atom stereocenters. The molecule has 0 bridgehead atoms. The van der Waals surface area contributed by atoms with Gasteiger partial charge in [0.25, 0.3) is 0 Å². The average Bonchev–Trinajstić information content (AvgIpc) is 2.75. The van der Waals surface area contributed by atoms with E-state index in [2.05, 4.69) is 0 Å². The SMILES string of the molecule is CCOC(=O)C1(C(=O)OCC)CC[C@H](S(C)(=O)=O)C1. The van der Waals surface area contributed by atoms with Gasteiger partial charge in [0.2, 0.25) is 0 Å². The molecule has 0 aliphatic heterocycles. The highest BCUT2D eigenvalue weighted by Gasteiger charge is 2.55. The van der Waals surface area contributed by atoms with Crippen LogP contribution >= 0.6 is 0 Å². The number of ether oxygens (including phenoxy) is 2. The molecular weight excluding hydrogens is 272 g/mol. The summed E-state index contributed by atoms with van der Waals surface area (Å²) in [4.78, 5) is 24.1.